The van der Waals surface area contributed by atoms with Crippen LogP contribution in [-0.4, -0.2) is 32.9 Å². The van der Waals surface area contributed by atoms with E-state index < -0.39 is 10.8 Å². The summed E-state index contributed by atoms with van der Waals surface area (Å²) in [5.41, 5.74) is 0. The third-order valence-corrected chi connectivity index (χ3v) is 1.97. The lowest BCUT2D eigenvalue weighted by Crippen LogP contribution is -2.09. The minimum Gasteiger partial charge on any atom is -0.337 e. The van der Waals surface area contributed by atoms with Crippen molar-refractivity contribution in [3.63, 3.8) is 0 Å². The number of hydrogen-bond acceptors (Lipinski definition) is 5. The van der Waals surface area contributed by atoms with Crippen LogP contribution in [0.3, 0.4) is 0 Å². The van der Waals surface area contributed by atoms with Gasteiger partial charge in [0.15, 0.2) is 5.82 Å². The molecule has 1 aromatic rings. The fraction of sp³-hybridized carbons (Fsp3) is 0.667. The van der Waals surface area contributed by atoms with Gasteiger partial charge in [0.1, 0.15) is 0 Å². The SMILES string of the molecule is Cc1noc(NCCS(C)=O)n1. The lowest BCUT2D eigenvalue weighted by atomic mass is 10.7. The lowest BCUT2D eigenvalue weighted by molar-refractivity contribution is 0.426. The van der Waals surface area contributed by atoms with Gasteiger partial charge in [0.2, 0.25) is 0 Å². The highest BCUT2D eigenvalue weighted by Gasteiger charge is 2.00. The Kier molecular flexibility index (Phi) is 3.21. The molecule has 5 nitrogen and oxygen atoms in total. The minimum atomic E-state index is -0.785. The van der Waals surface area contributed by atoms with Crippen molar-refractivity contribution < 1.29 is 8.73 Å². The Labute approximate surface area is 73.0 Å². The summed E-state index contributed by atoms with van der Waals surface area (Å²) < 4.78 is 15.4. The van der Waals surface area contributed by atoms with Gasteiger partial charge in [0.05, 0.1) is 0 Å². The minimum absolute atomic E-state index is 0.387. The van der Waals surface area contributed by atoms with Crippen molar-refractivity contribution in [2.45, 2.75) is 6.92 Å². The first-order valence-electron chi connectivity index (χ1n) is 3.52. The van der Waals surface area contributed by atoms with E-state index in [9.17, 15) is 4.21 Å². The molecule has 0 fully saturated rings. The van der Waals surface area contributed by atoms with Crippen LogP contribution >= 0.6 is 0 Å². The number of anilines is 1. The van der Waals surface area contributed by atoms with Crippen LogP contribution < -0.4 is 5.32 Å². The molecule has 68 valence electrons. The van der Waals surface area contributed by atoms with Gasteiger partial charge in [-0.2, -0.15) is 4.98 Å². The highest BCUT2D eigenvalue weighted by Crippen LogP contribution is 2.00. The van der Waals surface area contributed by atoms with E-state index in [-0.39, 0.29) is 0 Å². The van der Waals surface area contributed by atoms with E-state index in [0.717, 1.165) is 0 Å². The van der Waals surface area contributed by atoms with Gasteiger partial charge in [-0.3, -0.25) is 4.21 Å². The standard InChI is InChI=1S/C6H11N3O2S/c1-5-8-6(11-9-5)7-3-4-12(2)10/h3-4H2,1-2H3,(H,7,8,9). The number of aromatic nitrogens is 2. The molecule has 1 unspecified atom stereocenters. The van der Waals surface area contributed by atoms with Crippen LogP contribution in [0.5, 0.6) is 0 Å². The van der Waals surface area contributed by atoms with Gasteiger partial charge < -0.3 is 9.84 Å². The Morgan fingerprint density at radius 2 is 2.42 bits per heavy atom. The maximum Gasteiger partial charge on any atom is 0.321 e. The predicted octanol–water partition coefficient (Wildman–Crippen LogP) is 0.168. The average Bonchev–Trinajstić information content (AvgIpc) is 2.35. The van der Waals surface area contributed by atoms with E-state index in [0.29, 0.717) is 24.1 Å². The van der Waals surface area contributed by atoms with Gasteiger partial charge >= 0.3 is 6.01 Å². The highest BCUT2D eigenvalue weighted by atomic mass is 32.2. The molecule has 6 heteroatoms. The molecule has 1 aromatic heterocycles. The Balaban J connectivity index is 2.29. The number of rotatable bonds is 4. The van der Waals surface area contributed by atoms with E-state index in [1.54, 1.807) is 13.2 Å². The molecule has 1 N–H and O–H groups in total. The van der Waals surface area contributed by atoms with Crippen molar-refractivity contribution in [2.75, 3.05) is 23.9 Å². The van der Waals surface area contributed by atoms with E-state index in [4.69, 9.17) is 4.52 Å². The van der Waals surface area contributed by atoms with Gasteiger partial charge in [-0.05, 0) is 6.92 Å². The summed E-state index contributed by atoms with van der Waals surface area (Å²) >= 11 is 0. The summed E-state index contributed by atoms with van der Waals surface area (Å²) in [5, 5.41) is 6.45. The molecule has 0 aliphatic heterocycles. The van der Waals surface area contributed by atoms with E-state index in [1.807, 2.05) is 0 Å². The molecular formula is C6H11N3O2S. The van der Waals surface area contributed by atoms with E-state index in [2.05, 4.69) is 15.5 Å². The van der Waals surface area contributed by atoms with E-state index >= 15 is 0 Å². The van der Waals surface area contributed by atoms with Gasteiger partial charge in [-0.1, -0.05) is 5.16 Å². The largest absolute Gasteiger partial charge is 0.337 e. The number of nitrogens with zero attached hydrogens (tertiary/aromatic N) is 2. The molecule has 1 atom stereocenters. The fourth-order valence-corrected chi connectivity index (χ4v) is 1.06. The second-order valence-corrected chi connectivity index (χ2v) is 3.91. The van der Waals surface area contributed by atoms with Crippen LogP contribution in [-0.2, 0) is 10.8 Å². The Morgan fingerprint density at radius 3 is 2.92 bits per heavy atom. The van der Waals surface area contributed by atoms with Crippen molar-refractivity contribution in [1.82, 2.24) is 10.1 Å². The van der Waals surface area contributed by atoms with Gasteiger partial charge in [-0.15, -0.1) is 0 Å². The van der Waals surface area contributed by atoms with Crippen LogP contribution in [0.2, 0.25) is 0 Å². The third-order valence-electron chi connectivity index (χ3n) is 1.19. The zero-order valence-electron chi connectivity index (χ0n) is 7.03. The van der Waals surface area contributed by atoms with Crippen molar-refractivity contribution in [3.8, 4) is 0 Å². The normalized spacial score (nSPS) is 12.8. The van der Waals surface area contributed by atoms with Crippen molar-refractivity contribution >= 4 is 16.8 Å². The molecule has 0 spiro atoms. The van der Waals surface area contributed by atoms with Gasteiger partial charge in [0, 0.05) is 29.4 Å². The second kappa shape index (κ2) is 4.20. The van der Waals surface area contributed by atoms with Gasteiger partial charge in [0.25, 0.3) is 0 Å². The lowest BCUT2D eigenvalue weighted by Gasteiger charge is -1.96. The molecule has 0 saturated heterocycles. The molecule has 0 saturated carbocycles. The van der Waals surface area contributed by atoms with E-state index in [1.165, 1.54) is 0 Å². The molecule has 0 aliphatic rings. The van der Waals surface area contributed by atoms with Crippen LogP contribution in [0.1, 0.15) is 5.82 Å². The summed E-state index contributed by atoms with van der Waals surface area (Å²) in [5.74, 6) is 1.18. The summed E-state index contributed by atoms with van der Waals surface area (Å²) in [4.78, 5) is 3.92. The fourth-order valence-electron chi connectivity index (χ4n) is 0.671. The molecule has 0 radical (unpaired) electrons. The van der Waals surface area contributed by atoms with Gasteiger partial charge in [-0.25, -0.2) is 0 Å². The summed E-state index contributed by atoms with van der Waals surface area (Å²) in [6.45, 7) is 2.33. The zero-order valence-corrected chi connectivity index (χ0v) is 7.85. The first kappa shape index (κ1) is 9.18. The average molecular weight is 189 g/mol. The van der Waals surface area contributed by atoms with Crippen LogP contribution in [0.15, 0.2) is 4.52 Å². The molecular weight excluding hydrogens is 178 g/mol. The monoisotopic (exact) mass is 189 g/mol. The molecule has 1 heterocycles. The first-order chi connectivity index (χ1) is 5.68. The topological polar surface area (TPSA) is 68.0 Å². The number of hydrogen-bond donors (Lipinski definition) is 1. The Morgan fingerprint density at radius 1 is 1.67 bits per heavy atom. The van der Waals surface area contributed by atoms with Crippen molar-refractivity contribution in [3.05, 3.63) is 5.82 Å². The number of nitrogens with one attached hydrogen (secondary N) is 1. The van der Waals surface area contributed by atoms with Crippen molar-refractivity contribution in [2.24, 2.45) is 0 Å². The zero-order chi connectivity index (χ0) is 8.97. The van der Waals surface area contributed by atoms with Crippen LogP contribution in [0.4, 0.5) is 6.01 Å². The highest BCUT2D eigenvalue weighted by molar-refractivity contribution is 7.84. The van der Waals surface area contributed by atoms with Crippen LogP contribution in [0.25, 0.3) is 0 Å². The molecule has 12 heavy (non-hydrogen) atoms. The summed E-state index contributed by atoms with van der Waals surface area (Å²) in [7, 11) is -0.785. The molecule has 0 amide bonds. The molecule has 1 rings (SSSR count). The Hall–Kier alpha value is -0.910. The summed E-state index contributed by atoms with van der Waals surface area (Å²) in [6.07, 6.45) is 1.65. The molecule has 0 aliphatic carbocycles. The van der Waals surface area contributed by atoms with Crippen molar-refractivity contribution in [1.29, 1.82) is 0 Å². The first-order valence-corrected chi connectivity index (χ1v) is 5.25. The summed E-state index contributed by atoms with van der Waals surface area (Å²) in [6, 6.07) is 0.387. The van der Waals surface area contributed by atoms with Crippen LogP contribution in [0, 0.1) is 6.92 Å². The Bertz CT molecular complexity index is 274. The number of aryl methyl sites for hydroxylation is 1. The molecule has 0 bridgehead atoms. The molecule has 0 aromatic carbocycles. The quantitative estimate of drug-likeness (QED) is 0.731. The second-order valence-electron chi connectivity index (χ2n) is 2.35. The third kappa shape index (κ3) is 3.00. The smallest absolute Gasteiger partial charge is 0.321 e. The maximum atomic E-state index is 10.6. The maximum absolute atomic E-state index is 10.6. The predicted molar refractivity (Wildman–Crippen MR) is 46.5 cm³/mol.